The normalized spacial score (nSPS) is 12.7. The molecule has 6 aromatic rings. The topological polar surface area (TPSA) is 73.2 Å². The minimum atomic E-state index is -2.69. The van der Waals surface area contributed by atoms with E-state index in [1.165, 1.54) is 11.8 Å². The molecule has 0 radical (unpaired) electrons. The molecular weight excluding hydrogens is 685 g/mol. The SMILES string of the molecule is C=S(C)(=O)NC(=O)c1ccc(-n2cc(-c3ccc(Cl)cc3Cl)nc2Cc2ccc(-c3ccc(Oc4ccc(C(C)(C)C)cc4)cc3)cc2)cc1. The summed E-state index contributed by atoms with van der Waals surface area (Å²) in [6, 6.07) is 37.1. The van der Waals surface area contributed by atoms with Gasteiger partial charge in [-0.2, -0.15) is 0 Å². The molecule has 5 aromatic carbocycles. The first kappa shape index (κ1) is 35.0. The first-order valence-corrected chi connectivity index (χ1v) is 18.9. The minimum Gasteiger partial charge on any atom is -0.457 e. The lowest BCUT2D eigenvalue weighted by Crippen LogP contribution is -2.29. The summed E-state index contributed by atoms with van der Waals surface area (Å²) in [5.74, 6) is 5.41. The van der Waals surface area contributed by atoms with Gasteiger partial charge in [0, 0.05) is 50.4 Å². The monoisotopic (exact) mass is 721 g/mol. The largest absolute Gasteiger partial charge is 0.457 e. The molecule has 1 N–H and O–H groups in total. The van der Waals surface area contributed by atoms with Crippen LogP contribution in [0.15, 0.2) is 121 Å². The Bertz CT molecular complexity index is 2260. The molecule has 1 amide bonds. The molecule has 6 rings (SSSR count). The van der Waals surface area contributed by atoms with Gasteiger partial charge in [0.1, 0.15) is 17.3 Å². The van der Waals surface area contributed by atoms with E-state index >= 15 is 0 Å². The van der Waals surface area contributed by atoms with Crippen molar-refractivity contribution in [1.82, 2.24) is 14.3 Å². The molecule has 1 heterocycles. The Morgan fingerprint density at radius 2 is 1.42 bits per heavy atom. The fraction of sp³-hybridized carbons (Fsp3) is 0.146. The zero-order chi connectivity index (χ0) is 35.6. The Morgan fingerprint density at radius 1 is 0.840 bits per heavy atom. The minimum absolute atomic E-state index is 0.0922. The Balaban J connectivity index is 1.22. The summed E-state index contributed by atoms with van der Waals surface area (Å²) < 4.78 is 22.5. The van der Waals surface area contributed by atoms with Crippen LogP contribution in [-0.2, 0) is 21.5 Å². The first-order valence-electron chi connectivity index (χ1n) is 16.0. The van der Waals surface area contributed by atoms with E-state index in [1.807, 2.05) is 53.2 Å². The number of nitrogens with one attached hydrogen (secondary N) is 1. The second-order valence-electron chi connectivity index (χ2n) is 13.3. The van der Waals surface area contributed by atoms with Crippen molar-refractivity contribution in [1.29, 1.82) is 0 Å². The third-order valence-corrected chi connectivity index (χ3v) is 9.33. The van der Waals surface area contributed by atoms with E-state index in [4.69, 9.17) is 32.9 Å². The van der Waals surface area contributed by atoms with Crippen molar-refractivity contribution in [2.45, 2.75) is 32.6 Å². The number of carbonyl (C=O) groups excluding carboxylic acids is 1. The van der Waals surface area contributed by atoms with Gasteiger partial charge in [0.25, 0.3) is 5.91 Å². The molecule has 0 aliphatic carbocycles. The molecule has 0 saturated heterocycles. The van der Waals surface area contributed by atoms with Crippen LogP contribution in [0.2, 0.25) is 10.0 Å². The highest BCUT2D eigenvalue weighted by molar-refractivity contribution is 7.98. The quantitative estimate of drug-likeness (QED) is 0.151. The van der Waals surface area contributed by atoms with Gasteiger partial charge in [-0.15, -0.1) is 0 Å². The Kier molecular flexibility index (Phi) is 9.94. The number of hydrogen-bond acceptors (Lipinski definition) is 4. The van der Waals surface area contributed by atoms with E-state index in [9.17, 15) is 9.00 Å². The average Bonchev–Trinajstić information content (AvgIpc) is 3.48. The third kappa shape index (κ3) is 8.48. The number of rotatable bonds is 9. The van der Waals surface area contributed by atoms with Crippen molar-refractivity contribution < 1.29 is 13.7 Å². The highest BCUT2D eigenvalue weighted by atomic mass is 35.5. The summed E-state index contributed by atoms with van der Waals surface area (Å²) in [5.41, 5.74) is 7.21. The fourth-order valence-electron chi connectivity index (χ4n) is 5.49. The predicted molar refractivity (Wildman–Crippen MR) is 208 cm³/mol. The first-order chi connectivity index (χ1) is 23.7. The molecule has 0 fully saturated rings. The summed E-state index contributed by atoms with van der Waals surface area (Å²) >= 11 is 12.7. The van der Waals surface area contributed by atoms with Crippen molar-refractivity contribution in [2.75, 3.05) is 6.26 Å². The van der Waals surface area contributed by atoms with E-state index < -0.39 is 15.6 Å². The molecule has 0 spiro atoms. The molecule has 254 valence electrons. The fourth-order valence-corrected chi connectivity index (χ4v) is 6.51. The van der Waals surface area contributed by atoms with Gasteiger partial charge in [-0.25, -0.2) is 9.19 Å². The second-order valence-corrected chi connectivity index (χ2v) is 16.4. The van der Waals surface area contributed by atoms with Crippen molar-refractivity contribution >= 4 is 44.7 Å². The lowest BCUT2D eigenvalue weighted by Gasteiger charge is -2.19. The molecule has 50 heavy (non-hydrogen) atoms. The van der Waals surface area contributed by atoms with Gasteiger partial charge in [0.05, 0.1) is 10.7 Å². The molecule has 6 nitrogen and oxygen atoms in total. The van der Waals surface area contributed by atoms with Gasteiger partial charge in [-0.1, -0.05) is 92.5 Å². The van der Waals surface area contributed by atoms with Gasteiger partial charge in [-0.3, -0.25) is 9.52 Å². The van der Waals surface area contributed by atoms with Gasteiger partial charge in [0.2, 0.25) is 0 Å². The maximum absolute atomic E-state index is 12.5. The van der Waals surface area contributed by atoms with E-state index in [-0.39, 0.29) is 5.41 Å². The van der Waals surface area contributed by atoms with Gasteiger partial charge in [-0.05, 0) is 100 Å². The summed E-state index contributed by atoms with van der Waals surface area (Å²) in [6.07, 6.45) is 3.84. The van der Waals surface area contributed by atoms with E-state index in [0.29, 0.717) is 27.7 Å². The van der Waals surface area contributed by atoms with Gasteiger partial charge in [0.15, 0.2) is 0 Å². The van der Waals surface area contributed by atoms with Crippen LogP contribution in [0.5, 0.6) is 11.5 Å². The number of nitrogens with zero attached hydrogens (tertiary/aromatic N) is 2. The average molecular weight is 723 g/mol. The standard InChI is InChI=1S/C41H37Cl2N3O3S/c1-41(2,3)31-14-21-35(22-15-31)49-34-19-12-29(13-20-34)28-8-6-27(7-9-28)24-39-44-38(36-23-16-32(42)25-37(36)43)26-46(39)33-17-10-30(11-18-33)40(47)45-50(4,5)48/h6-23,25-26H,4,24H2,1-3,5H3,(H,45,47,48). The van der Waals surface area contributed by atoms with Crippen LogP contribution in [0.3, 0.4) is 0 Å². The molecular formula is C41H37Cl2N3O3S. The molecule has 0 aliphatic heterocycles. The van der Waals surface area contributed by atoms with E-state index in [0.717, 1.165) is 45.3 Å². The molecule has 1 atom stereocenters. The van der Waals surface area contributed by atoms with E-state index in [2.05, 4.69) is 79.9 Å². The molecule has 0 saturated carbocycles. The molecule has 0 aliphatic rings. The number of halogens is 2. The predicted octanol–water partition coefficient (Wildman–Crippen LogP) is 10.2. The van der Waals surface area contributed by atoms with Crippen LogP contribution in [0, 0.1) is 0 Å². The summed E-state index contributed by atoms with van der Waals surface area (Å²) in [6.45, 7) is 6.59. The number of benzene rings is 5. The van der Waals surface area contributed by atoms with E-state index in [1.54, 1.807) is 24.3 Å². The molecule has 0 bridgehead atoms. The summed E-state index contributed by atoms with van der Waals surface area (Å²) in [7, 11) is -2.69. The number of amides is 1. The van der Waals surface area contributed by atoms with Crippen molar-refractivity contribution in [3.63, 3.8) is 0 Å². The third-order valence-electron chi connectivity index (χ3n) is 8.16. The zero-order valence-corrected chi connectivity index (χ0v) is 30.6. The second kappa shape index (κ2) is 14.2. The summed E-state index contributed by atoms with van der Waals surface area (Å²) in [4.78, 5) is 17.5. The number of imidazole rings is 1. The lowest BCUT2D eigenvalue weighted by molar-refractivity contribution is 0.0983. The lowest BCUT2D eigenvalue weighted by atomic mass is 9.87. The Hall–Kier alpha value is -4.82. The van der Waals surface area contributed by atoms with Gasteiger partial charge < -0.3 is 9.30 Å². The molecule has 1 unspecified atom stereocenters. The van der Waals surface area contributed by atoms with Crippen molar-refractivity contribution in [3.8, 4) is 39.6 Å². The van der Waals surface area contributed by atoms with Crippen LogP contribution in [0.1, 0.15) is 48.1 Å². The van der Waals surface area contributed by atoms with Crippen LogP contribution >= 0.6 is 23.2 Å². The smallest absolute Gasteiger partial charge is 0.262 e. The number of aromatic nitrogens is 2. The maximum Gasteiger partial charge on any atom is 0.262 e. The van der Waals surface area contributed by atoms with Crippen molar-refractivity contribution in [3.05, 3.63) is 154 Å². The number of hydrogen-bond donors (Lipinski definition) is 1. The van der Waals surface area contributed by atoms with Crippen molar-refractivity contribution in [2.24, 2.45) is 0 Å². The highest BCUT2D eigenvalue weighted by Gasteiger charge is 2.16. The summed E-state index contributed by atoms with van der Waals surface area (Å²) in [5, 5.41) is 1.04. The number of carbonyl (C=O) groups is 1. The van der Waals surface area contributed by atoms with Crippen LogP contribution in [0.4, 0.5) is 0 Å². The highest BCUT2D eigenvalue weighted by Crippen LogP contribution is 2.32. The molecule has 9 heteroatoms. The van der Waals surface area contributed by atoms with Crippen LogP contribution in [0.25, 0.3) is 28.1 Å². The van der Waals surface area contributed by atoms with Crippen LogP contribution in [-0.4, -0.2) is 31.8 Å². The van der Waals surface area contributed by atoms with Gasteiger partial charge >= 0.3 is 0 Å². The zero-order valence-electron chi connectivity index (χ0n) is 28.2. The Morgan fingerprint density at radius 3 is 1.98 bits per heavy atom. The molecule has 1 aromatic heterocycles. The Labute approximate surface area is 303 Å². The van der Waals surface area contributed by atoms with Crippen LogP contribution < -0.4 is 9.46 Å². The maximum atomic E-state index is 12.5. The number of ether oxygens (including phenoxy) is 1.